The SMILES string of the molecule is COc1ccc(-c2ccc(N3CCN(C(=O)Cn4cnc(C)cc4=O)CC3)nn2)cc1. The molecule has 0 N–H and O–H groups in total. The third-order valence-electron chi connectivity index (χ3n) is 5.31. The van der Waals surface area contributed by atoms with E-state index < -0.39 is 0 Å². The van der Waals surface area contributed by atoms with Crippen LogP contribution in [0.4, 0.5) is 5.82 Å². The number of ether oxygens (including phenoxy) is 1. The second-order valence-corrected chi connectivity index (χ2v) is 7.37. The van der Waals surface area contributed by atoms with Crippen molar-refractivity contribution in [1.29, 1.82) is 0 Å². The monoisotopic (exact) mass is 420 g/mol. The van der Waals surface area contributed by atoms with Crippen molar-refractivity contribution in [2.24, 2.45) is 0 Å². The van der Waals surface area contributed by atoms with Gasteiger partial charge in [-0.3, -0.25) is 14.2 Å². The zero-order valence-electron chi connectivity index (χ0n) is 17.6. The number of hydrogen-bond acceptors (Lipinski definition) is 7. The van der Waals surface area contributed by atoms with Crippen LogP contribution >= 0.6 is 0 Å². The van der Waals surface area contributed by atoms with Gasteiger partial charge in [-0.05, 0) is 43.3 Å². The van der Waals surface area contributed by atoms with Crippen LogP contribution < -0.4 is 15.2 Å². The normalized spacial score (nSPS) is 13.9. The summed E-state index contributed by atoms with van der Waals surface area (Å²) in [5, 5.41) is 8.71. The molecule has 0 saturated carbocycles. The third kappa shape index (κ3) is 4.71. The molecule has 0 spiro atoms. The van der Waals surface area contributed by atoms with Crippen LogP contribution in [0.25, 0.3) is 11.3 Å². The highest BCUT2D eigenvalue weighted by molar-refractivity contribution is 5.76. The first-order valence-corrected chi connectivity index (χ1v) is 10.1. The minimum absolute atomic E-state index is 0.00246. The fourth-order valence-corrected chi connectivity index (χ4v) is 3.48. The van der Waals surface area contributed by atoms with E-state index in [1.807, 2.05) is 36.4 Å². The topological polar surface area (TPSA) is 93.5 Å². The van der Waals surface area contributed by atoms with Gasteiger partial charge in [0.25, 0.3) is 5.56 Å². The molecule has 1 aromatic carbocycles. The average Bonchev–Trinajstić information content (AvgIpc) is 2.81. The Kier molecular flexibility index (Phi) is 5.92. The number of hydrogen-bond donors (Lipinski definition) is 0. The number of benzene rings is 1. The Morgan fingerprint density at radius 3 is 2.39 bits per heavy atom. The zero-order valence-corrected chi connectivity index (χ0v) is 17.6. The summed E-state index contributed by atoms with van der Waals surface area (Å²) in [4.78, 5) is 32.5. The number of rotatable bonds is 5. The Bertz CT molecular complexity index is 1100. The van der Waals surface area contributed by atoms with E-state index >= 15 is 0 Å². The second kappa shape index (κ2) is 8.95. The van der Waals surface area contributed by atoms with Crippen LogP contribution in [0.2, 0.25) is 0 Å². The molecule has 9 nitrogen and oxygen atoms in total. The van der Waals surface area contributed by atoms with E-state index in [0.29, 0.717) is 31.9 Å². The molecule has 0 radical (unpaired) electrons. The molecule has 1 aliphatic rings. The van der Waals surface area contributed by atoms with E-state index in [2.05, 4.69) is 20.1 Å². The Labute approximate surface area is 179 Å². The standard InChI is InChI=1S/C22H24N6O3/c1-16-13-21(29)28(15-23-16)14-22(30)27-11-9-26(10-12-27)20-8-7-19(24-25-20)17-3-5-18(31-2)6-4-17/h3-8,13,15H,9-12,14H2,1-2H3. The van der Waals surface area contributed by atoms with E-state index in [1.54, 1.807) is 18.9 Å². The van der Waals surface area contributed by atoms with Gasteiger partial charge in [-0.1, -0.05) is 0 Å². The zero-order chi connectivity index (χ0) is 21.8. The van der Waals surface area contributed by atoms with Crippen LogP contribution in [0.5, 0.6) is 5.75 Å². The predicted molar refractivity (Wildman–Crippen MR) is 116 cm³/mol. The largest absolute Gasteiger partial charge is 0.497 e. The molecule has 0 unspecified atom stereocenters. The van der Waals surface area contributed by atoms with E-state index in [4.69, 9.17) is 4.74 Å². The molecule has 31 heavy (non-hydrogen) atoms. The van der Waals surface area contributed by atoms with Crippen LogP contribution in [-0.2, 0) is 11.3 Å². The number of aromatic nitrogens is 4. The molecular formula is C22H24N6O3. The lowest BCUT2D eigenvalue weighted by molar-refractivity contribution is -0.132. The summed E-state index contributed by atoms with van der Waals surface area (Å²) in [5.74, 6) is 1.49. The van der Waals surface area contributed by atoms with Crippen molar-refractivity contribution in [1.82, 2.24) is 24.6 Å². The van der Waals surface area contributed by atoms with Crippen molar-refractivity contribution in [2.45, 2.75) is 13.5 Å². The molecule has 0 atom stereocenters. The molecule has 160 valence electrons. The Morgan fingerprint density at radius 1 is 1.03 bits per heavy atom. The number of nitrogens with zero attached hydrogens (tertiary/aromatic N) is 6. The Balaban J connectivity index is 1.34. The van der Waals surface area contributed by atoms with Gasteiger partial charge in [0.1, 0.15) is 12.3 Å². The third-order valence-corrected chi connectivity index (χ3v) is 5.31. The van der Waals surface area contributed by atoms with Crippen molar-refractivity contribution >= 4 is 11.7 Å². The van der Waals surface area contributed by atoms with Crippen molar-refractivity contribution < 1.29 is 9.53 Å². The summed E-state index contributed by atoms with van der Waals surface area (Å²) < 4.78 is 6.52. The van der Waals surface area contributed by atoms with Gasteiger partial charge in [0.05, 0.1) is 19.1 Å². The van der Waals surface area contributed by atoms with Gasteiger partial charge in [-0.15, -0.1) is 10.2 Å². The van der Waals surface area contributed by atoms with Crippen LogP contribution in [0.3, 0.4) is 0 Å². The lowest BCUT2D eigenvalue weighted by atomic mass is 10.1. The first-order valence-electron chi connectivity index (χ1n) is 10.1. The van der Waals surface area contributed by atoms with E-state index in [-0.39, 0.29) is 18.0 Å². The average molecular weight is 420 g/mol. The molecule has 9 heteroatoms. The van der Waals surface area contributed by atoms with Crippen LogP contribution in [-0.4, -0.2) is 63.8 Å². The molecule has 0 aliphatic carbocycles. The van der Waals surface area contributed by atoms with Crippen LogP contribution in [0.1, 0.15) is 5.69 Å². The van der Waals surface area contributed by atoms with Crippen molar-refractivity contribution in [3.63, 3.8) is 0 Å². The van der Waals surface area contributed by atoms with Gasteiger partial charge >= 0.3 is 0 Å². The molecule has 4 rings (SSSR count). The number of anilines is 1. The first kappa shape index (κ1) is 20.5. The molecule has 3 heterocycles. The van der Waals surface area contributed by atoms with Crippen LogP contribution in [0, 0.1) is 6.92 Å². The number of amides is 1. The lowest BCUT2D eigenvalue weighted by Crippen LogP contribution is -2.50. The predicted octanol–water partition coefficient (Wildman–Crippen LogP) is 1.37. The summed E-state index contributed by atoms with van der Waals surface area (Å²) in [5.41, 5.74) is 2.18. The Hall–Kier alpha value is -3.75. The maximum Gasteiger partial charge on any atom is 0.253 e. The summed E-state index contributed by atoms with van der Waals surface area (Å²) in [6.07, 6.45) is 1.42. The second-order valence-electron chi connectivity index (χ2n) is 7.37. The van der Waals surface area contributed by atoms with Crippen molar-refractivity contribution in [3.8, 4) is 17.0 Å². The molecule has 1 amide bonds. The van der Waals surface area contributed by atoms with Gasteiger partial charge < -0.3 is 14.5 Å². The number of carbonyl (C=O) groups is 1. The molecule has 1 saturated heterocycles. The first-order chi connectivity index (χ1) is 15.0. The minimum atomic E-state index is -0.216. The summed E-state index contributed by atoms with van der Waals surface area (Å²) in [6, 6.07) is 13.0. The number of carbonyl (C=O) groups excluding carboxylic acids is 1. The molecule has 2 aromatic heterocycles. The van der Waals surface area contributed by atoms with Crippen molar-refractivity contribution in [3.05, 3.63) is 64.8 Å². The highest BCUT2D eigenvalue weighted by Crippen LogP contribution is 2.22. The smallest absolute Gasteiger partial charge is 0.253 e. The van der Waals surface area contributed by atoms with E-state index in [9.17, 15) is 9.59 Å². The summed E-state index contributed by atoms with van der Waals surface area (Å²) in [6.45, 7) is 4.19. The number of methoxy groups -OCH3 is 1. The maximum atomic E-state index is 12.6. The van der Waals surface area contributed by atoms with Gasteiger partial charge in [-0.25, -0.2) is 4.98 Å². The van der Waals surface area contributed by atoms with Gasteiger partial charge in [0.15, 0.2) is 5.82 Å². The highest BCUT2D eigenvalue weighted by atomic mass is 16.5. The van der Waals surface area contributed by atoms with Crippen molar-refractivity contribution in [2.75, 3.05) is 38.2 Å². The Morgan fingerprint density at radius 2 is 1.77 bits per heavy atom. The van der Waals surface area contributed by atoms with Gasteiger partial charge in [0, 0.05) is 43.5 Å². The lowest BCUT2D eigenvalue weighted by Gasteiger charge is -2.35. The highest BCUT2D eigenvalue weighted by Gasteiger charge is 2.22. The molecule has 0 bridgehead atoms. The fourth-order valence-electron chi connectivity index (χ4n) is 3.48. The maximum absolute atomic E-state index is 12.6. The van der Waals surface area contributed by atoms with Crippen LogP contribution in [0.15, 0.2) is 53.6 Å². The minimum Gasteiger partial charge on any atom is -0.497 e. The molecule has 1 aliphatic heterocycles. The molecule has 3 aromatic rings. The molecule has 1 fully saturated rings. The number of aryl methyl sites for hydroxylation is 1. The van der Waals surface area contributed by atoms with Gasteiger partial charge in [0.2, 0.25) is 5.91 Å². The fraction of sp³-hybridized carbons (Fsp3) is 0.318. The van der Waals surface area contributed by atoms with E-state index in [1.165, 1.54) is 17.0 Å². The quantitative estimate of drug-likeness (QED) is 0.615. The van der Waals surface area contributed by atoms with Gasteiger partial charge in [-0.2, -0.15) is 0 Å². The molecular weight excluding hydrogens is 396 g/mol. The summed E-state index contributed by atoms with van der Waals surface area (Å²) in [7, 11) is 1.64. The summed E-state index contributed by atoms with van der Waals surface area (Å²) >= 11 is 0. The number of piperazine rings is 1. The van der Waals surface area contributed by atoms with E-state index in [0.717, 1.165) is 22.8 Å².